The van der Waals surface area contributed by atoms with Gasteiger partial charge in [-0.15, -0.1) is 0 Å². The number of aromatic nitrogens is 2. The number of aryl methyl sites for hydroxylation is 1. The Morgan fingerprint density at radius 3 is 2.72 bits per heavy atom. The number of nitrogens with zero attached hydrogens (tertiary/aromatic N) is 3. The molecule has 1 aliphatic heterocycles. The Morgan fingerprint density at radius 1 is 1.28 bits per heavy atom. The normalized spacial score (nSPS) is 16.3. The molecule has 0 unspecified atom stereocenters. The molecule has 0 radical (unpaired) electrons. The summed E-state index contributed by atoms with van der Waals surface area (Å²) in [4.78, 5) is 19.6. The SMILES string of the molecule is CCc1nc2ccccc2n1CC(=O)NCC(C)(C)N1CCOCC1. The molecule has 3 rings (SSSR count). The van der Waals surface area contributed by atoms with Crippen molar-refractivity contribution in [1.82, 2.24) is 19.8 Å². The molecule has 0 atom stereocenters. The molecule has 25 heavy (non-hydrogen) atoms. The second kappa shape index (κ2) is 7.54. The zero-order chi connectivity index (χ0) is 17.9. The van der Waals surface area contributed by atoms with Crippen LogP contribution in [0.5, 0.6) is 0 Å². The van der Waals surface area contributed by atoms with Crippen molar-refractivity contribution in [3.05, 3.63) is 30.1 Å². The minimum atomic E-state index is -0.0793. The molecular formula is C19H28N4O2. The predicted molar refractivity (Wildman–Crippen MR) is 98.6 cm³/mol. The van der Waals surface area contributed by atoms with Gasteiger partial charge in [0.05, 0.1) is 24.2 Å². The van der Waals surface area contributed by atoms with Crippen molar-refractivity contribution in [1.29, 1.82) is 0 Å². The summed E-state index contributed by atoms with van der Waals surface area (Å²) >= 11 is 0. The highest BCUT2D eigenvalue weighted by Gasteiger charge is 2.28. The molecule has 1 aliphatic rings. The zero-order valence-electron chi connectivity index (χ0n) is 15.4. The average Bonchev–Trinajstić information content (AvgIpc) is 2.99. The highest BCUT2D eigenvalue weighted by molar-refractivity contribution is 5.81. The number of para-hydroxylation sites is 2. The van der Waals surface area contributed by atoms with E-state index < -0.39 is 0 Å². The van der Waals surface area contributed by atoms with Crippen LogP contribution in [0.3, 0.4) is 0 Å². The third-order valence-corrected chi connectivity index (χ3v) is 4.94. The minimum Gasteiger partial charge on any atom is -0.379 e. The largest absolute Gasteiger partial charge is 0.379 e. The van der Waals surface area contributed by atoms with Gasteiger partial charge in [-0.05, 0) is 26.0 Å². The number of amides is 1. The summed E-state index contributed by atoms with van der Waals surface area (Å²) in [6, 6.07) is 7.97. The number of hydrogen-bond acceptors (Lipinski definition) is 4. The molecule has 1 fully saturated rings. The summed E-state index contributed by atoms with van der Waals surface area (Å²) in [6.07, 6.45) is 0.807. The second-order valence-electron chi connectivity index (χ2n) is 7.15. The van der Waals surface area contributed by atoms with E-state index in [1.807, 2.05) is 28.8 Å². The van der Waals surface area contributed by atoms with E-state index in [0.29, 0.717) is 13.1 Å². The van der Waals surface area contributed by atoms with Gasteiger partial charge in [-0.25, -0.2) is 4.98 Å². The van der Waals surface area contributed by atoms with Crippen LogP contribution in [-0.4, -0.2) is 58.7 Å². The van der Waals surface area contributed by atoms with Crippen molar-refractivity contribution >= 4 is 16.9 Å². The number of carbonyl (C=O) groups excluding carboxylic acids is 1. The lowest BCUT2D eigenvalue weighted by atomic mass is 10.0. The first-order chi connectivity index (χ1) is 12.0. The van der Waals surface area contributed by atoms with Gasteiger partial charge in [0, 0.05) is 31.6 Å². The quantitative estimate of drug-likeness (QED) is 0.868. The molecule has 0 saturated carbocycles. The van der Waals surface area contributed by atoms with Gasteiger partial charge in [0.1, 0.15) is 12.4 Å². The van der Waals surface area contributed by atoms with E-state index in [9.17, 15) is 4.79 Å². The van der Waals surface area contributed by atoms with E-state index in [1.165, 1.54) is 0 Å². The molecule has 0 spiro atoms. The molecule has 1 aromatic carbocycles. The molecule has 136 valence electrons. The number of benzene rings is 1. The molecule has 1 amide bonds. The topological polar surface area (TPSA) is 59.4 Å². The maximum atomic E-state index is 12.5. The number of fused-ring (bicyclic) bond motifs is 1. The Morgan fingerprint density at radius 2 is 2.00 bits per heavy atom. The van der Waals surface area contributed by atoms with Crippen molar-refractivity contribution in [2.75, 3.05) is 32.8 Å². The molecule has 6 nitrogen and oxygen atoms in total. The van der Waals surface area contributed by atoms with Crippen molar-refractivity contribution in [2.45, 2.75) is 39.3 Å². The van der Waals surface area contributed by atoms with Gasteiger partial charge >= 0.3 is 0 Å². The first kappa shape index (κ1) is 17.9. The van der Waals surface area contributed by atoms with Crippen LogP contribution >= 0.6 is 0 Å². The van der Waals surface area contributed by atoms with Gasteiger partial charge < -0.3 is 14.6 Å². The van der Waals surface area contributed by atoms with E-state index in [1.54, 1.807) is 0 Å². The van der Waals surface area contributed by atoms with Gasteiger partial charge in [-0.3, -0.25) is 9.69 Å². The van der Waals surface area contributed by atoms with Crippen LogP contribution in [0.2, 0.25) is 0 Å². The molecule has 0 bridgehead atoms. The van der Waals surface area contributed by atoms with Crippen molar-refractivity contribution < 1.29 is 9.53 Å². The molecule has 6 heteroatoms. The Labute approximate surface area is 149 Å². The van der Waals surface area contributed by atoms with Crippen molar-refractivity contribution in [3.63, 3.8) is 0 Å². The molecule has 2 heterocycles. The van der Waals surface area contributed by atoms with Crippen LogP contribution in [0.25, 0.3) is 11.0 Å². The zero-order valence-corrected chi connectivity index (χ0v) is 15.4. The highest BCUT2D eigenvalue weighted by atomic mass is 16.5. The fraction of sp³-hybridized carbons (Fsp3) is 0.579. The fourth-order valence-electron chi connectivity index (χ4n) is 3.37. The predicted octanol–water partition coefficient (Wildman–Crippen LogP) is 1.83. The van der Waals surface area contributed by atoms with Gasteiger partial charge in [-0.1, -0.05) is 19.1 Å². The van der Waals surface area contributed by atoms with Gasteiger partial charge in [0.2, 0.25) is 5.91 Å². The van der Waals surface area contributed by atoms with Gasteiger partial charge in [0.25, 0.3) is 0 Å². The maximum Gasteiger partial charge on any atom is 0.240 e. The Bertz CT molecular complexity index is 732. The lowest BCUT2D eigenvalue weighted by molar-refractivity contribution is -0.122. The number of hydrogen-bond donors (Lipinski definition) is 1. The average molecular weight is 344 g/mol. The fourth-order valence-corrected chi connectivity index (χ4v) is 3.37. The van der Waals surface area contributed by atoms with Gasteiger partial charge in [-0.2, -0.15) is 0 Å². The lowest BCUT2D eigenvalue weighted by Gasteiger charge is -2.40. The Kier molecular flexibility index (Phi) is 5.39. The molecular weight excluding hydrogens is 316 g/mol. The van der Waals surface area contributed by atoms with Crippen molar-refractivity contribution in [2.24, 2.45) is 0 Å². The van der Waals surface area contributed by atoms with Crippen LogP contribution in [0, 0.1) is 0 Å². The number of carbonyl (C=O) groups is 1. The molecule has 2 aromatic rings. The third-order valence-electron chi connectivity index (χ3n) is 4.94. The Balaban J connectivity index is 1.65. The molecule has 1 saturated heterocycles. The number of ether oxygens (including phenoxy) is 1. The second-order valence-corrected chi connectivity index (χ2v) is 7.15. The van der Waals surface area contributed by atoms with Crippen LogP contribution in [0.4, 0.5) is 0 Å². The molecule has 1 N–H and O–H groups in total. The Hall–Kier alpha value is -1.92. The van der Waals surface area contributed by atoms with Gasteiger partial charge in [0.15, 0.2) is 0 Å². The number of imidazole rings is 1. The van der Waals surface area contributed by atoms with E-state index in [4.69, 9.17) is 4.74 Å². The monoisotopic (exact) mass is 344 g/mol. The van der Waals surface area contributed by atoms with Crippen molar-refractivity contribution in [3.8, 4) is 0 Å². The van der Waals surface area contributed by atoms with Crippen LogP contribution in [0.15, 0.2) is 24.3 Å². The summed E-state index contributed by atoms with van der Waals surface area (Å²) < 4.78 is 7.44. The molecule has 1 aromatic heterocycles. The van der Waals surface area contributed by atoms with Crippen LogP contribution in [0.1, 0.15) is 26.6 Å². The van der Waals surface area contributed by atoms with E-state index >= 15 is 0 Å². The lowest BCUT2D eigenvalue weighted by Crippen LogP contribution is -2.55. The summed E-state index contributed by atoms with van der Waals surface area (Å²) in [6.45, 7) is 10.7. The molecule has 0 aliphatic carbocycles. The summed E-state index contributed by atoms with van der Waals surface area (Å²) in [5.74, 6) is 0.975. The first-order valence-corrected chi connectivity index (χ1v) is 9.05. The number of morpholine rings is 1. The smallest absolute Gasteiger partial charge is 0.240 e. The first-order valence-electron chi connectivity index (χ1n) is 9.05. The van der Waals surface area contributed by atoms with Crippen LogP contribution in [-0.2, 0) is 22.5 Å². The standard InChI is InChI=1S/C19H28N4O2/c1-4-17-21-15-7-5-6-8-16(15)23(17)13-18(24)20-14-19(2,3)22-9-11-25-12-10-22/h5-8H,4,9-14H2,1-3H3,(H,20,24). The number of rotatable bonds is 6. The summed E-state index contributed by atoms with van der Waals surface area (Å²) in [5, 5.41) is 3.10. The van der Waals surface area contributed by atoms with Crippen LogP contribution < -0.4 is 5.32 Å². The summed E-state index contributed by atoms with van der Waals surface area (Å²) in [7, 11) is 0. The van der Waals surface area contributed by atoms with E-state index in [2.05, 4.69) is 36.0 Å². The van der Waals surface area contributed by atoms with E-state index in [-0.39, 0.29) is 11.4 Å². The highest BCUT2D eigenvalue weighted by Crippen LogP contribution is 2.17. The van der Waals surface area contributed by atoms with E-state index in [0.717, 1.165) is 49.6 Å². The number of nitrogens with one attached hydrogen (secondary N) is 1. The maximum absolute atomic E-state index is 12.5. The minimum absolute atomic E-state index is 0.0270. The third kappa shape index (κ3) is 4.02. The summed E-state index contributed by atoms with van der Waals surface area (Å²) in [5.41, 5.74) is 1.88.